The Morgan fingerprint density at radius 3 is 1.94 bits per heavy atom. The molecule has 0 saturated carbocycles. The van der Waals surface area contributed by atoms with E-state index in [1.807, 2.05) is 84.9 Å². The lowest BCUT2D eigenvalue weighted by molar-refractivity contribution is 0.667. The van der Waals surface area contributed by atoms with Crippen LogP contribution < -0.4 is 27.2 Å². The van der Waals surface area contributed by atoms with E-state index in [-0.39, 0.29) is 44.8 Å². The number of benzene rings is 5. The molecule has 0 atom stereocenters. The van der Waals surface area contributed by atoms with Gasteiger partial charge in [-0.2, -0.15) is 0 Å². The van der Waals surface area contributed by atoms with E-state index < -0.39 is 0 Å². The first-order valence-corrected chi connectivity index (χ1v) is 14.7. The number of terminal acetylenes is 1. The van der Waals surface area contributed by atoms with Crippen LogP contribution in [0.25, 0.3) is 60.6 Å². The Morgan fingerprint density at radius 2 is 1.26 bits per heavy atom. The van der Waals surface area contributed by atoms with Crippen molar-refractivity contribution in [3.8, 4) is 23.5 Å². The van der Waals surface area contributed by atoms with Gasteiger partial charge in [-0.05, 0) is 46.4 Å². The third kappa shape index (κ3) is 5.06. The number of nitrogens with one attached hydrogen (secondary N) is 1. The van der Waals surface area contributed by atoms with Crippen molar-refractivity contribution in [2.75, 3.05) is 11.9 Å². The highest BCUT2D eigenvalue weighted by molar-refractivity contribution is 6.62. The predicted octanol–water partition coefficient (Wildman–Crippen LogP) is 3.50. The standard InChI is InChI=1S/C37H18B7NO2/c1-2-24(38)30(22-11-7-10-21-19-8-3-6-13-27(19)47-37(21)22)31(40)25(39)17-45-36-34(43)32(41)29(33(42)35(36)44)18-14-15-28-23(16-18)20-9-4-5-12-26(20)46-28/h1,3-16,45H,17H2/b30-24+,31-25-. The van der Waals surface area contributed by atoms with Crippen LogP contribution in [0.1, 0.15) is 5.56 Å². The zero-order valence-electron chi connectivity index (χ0n) is 25.2. The van der Waals surface area contributed by atoms with Crippen LogP contribution in [0.2, 0.25) is 0 Å². The van der Waals surface area contributed by atoms with Gasteiger partial charge in [0.25, 0.3) is 0 Å². The van der Waals surface area contributed by atoms with E-state index in [9.17, 15) is 0 Å². The van der Waals surface area contributed by atoms with Gasteiger partial charge >= 0.3 is 0 Å². The Labute approximate surface area is 282 Å². The molecule has 0 bridgehead atoms. The van der Waals surface area contributed by atoms with Crippen molar-refractivity contribution in [1.82, 2.24) is 0 Å². The number of furan rings is 2. The van der Waals surface area contributed by atoms with E-state index in [1.54, 1.807) is 0 Å². The maximum absolute atomic E-state index is 6.65. The summed E-state index contributed by atoms with van der Waals surface area (Å²) in [7, 11) is 45.9. The van der Waals surface area contributed by atoms with Crippen molar-refractivity contribution in [3.05, 3.63) is 107 Å². The van der Waals surface area contributed by atoms with Crippen LogP contribution in [0, 0.1) is 12.3 Å². The largest absolute Gasteiger partial charge is 0.456 e. The molecule has 0 aliphatic rings. The van der Waals surface area contributed by atoms with Gasteiger partial charge in [-0.15, -0.1) is 11.9 Å². The first-order chi connectivity index (χ1) is 22.7. The molecule has 5 aromatic carbocycles. The first kappa shape index (κ1) is 30.6. The fourth-order valence-corrected chi connectivity index (χ4v) is 6.10. The van der Waals surface area contributed by atoms with E-state index in [4.69, 9.17) is 70.2 Å². The molecule has 7 rings (SSSR count). The molecule has 2 aromatic heterocycles. The summed E-state index contributed by atoms with van der Waals surface area (Å²) in [6, 6.07) is 26.9. The molecule has 1 N–H and O–H groups in total. The highest BCUT2D eigenvalue weighted by atomic mass is 16.3. The summed E-state index contributed by atoms with van der Waals surface area (Å²) in [5, 5.41) is 6.88. The summed E-state index contributed by atoms with van der Waals surface area (Å²) in [5.74, 6) is 2.49. The number of anilines is 1. The number of hydrogen-bond donors (Lipinski definition) is 1. The van der Waals surface area contributed by atoms with E-state index in [0.29, 0.717) is 33.6 Å². The predicted molar refractivity (Wildman–Crippen MR) is 203 cm³/mol. The molecule has 0 spiro atoms. The second-order valence-corrected chi connectivity index (χ2v) is 11.2. The molecule has 204 valence electrons. The SMILES string of the molecule is [B]/C(CNc1c([B])c([B])c(-c2ccc3oc4ccccc4c3c2)c([B])c1[B])=C([B])/C(=C(/[B])C#C)c1cccc2c1oc1ccccc12. The smallest absolute Gasteiger partial charge is 0.143 e. The molecule has 0 saturated heterocycles. The zero-order chi connectivity index (χ0) is 33.0. The van der Waals surface area contributed by atoms with Gasteiger partial charge < -0.3 is 14.2 Å². The molecule has 10 heteroatoms. The zero-order valence-corrected chi connectivity index (χ0v) is 25.2. The molecule has 0 aliphatic carbocycles. The third-order valence-electron chi connectivity index (χ3n) is 8.49. The van der Waals surface area contributed by atoms with Crippen LogP contribution in [-0.2, 0) is 0 Å². The molecule has 7 aromatic rings. The van der Waals surface area contributed by atoms with Gasteiger partial charge in [-0.1, -0.05) is 93.9 Å². The number of fused-ring (bicyclic) bond motifs is 6. The fourth-order valence-electron chi connectivity index (χ4n) is 6.10. The second-order valence-electron chi connectivity index (χ2n) is 11.2. The lowest BCUT2D eigenvalue weighted by atomic mass is 9.64. The summed E-state index contributed by atoms with van der Waals surface area (Å²) in [5.41, 5.74) is 6.80. The monoisotopic (exact) mass is 585 g/mol. The van der Waals surface area contributed by atoms with E-state index in [1.165, 1.54) is 0 Å². The Balaban J connectivity index is 1.25. The molecule has 0 amide bonds. The Morgan fingerprint density at radius 1 is 0.660 bits per heavy atom. The highest BCUT2D eigenvalue weighted by Crippen LogP contribution is 2.37. The van der Waals surface area contributed by atoms with Gasteiger partial charge in [0.05, 0.1) is 0 Å². The average molecular weight is 584 g/mol. The van der Waals surface area contributed by atoms with Gasteiger partial charge in [0, 0.05) is 39.3 Å². The van der Waals surface area contributed by atoms with Gasteiger partial charge in [0.15, 0.2) is 0 Å². The molecular weight excluding hydrogens is 566 g/mol. The van der Waals surface area contributed by atoms with Crippen molar-refractivity contribution < 1.29 is 8.83 Å². The van der Waals surface area contributed by atoms with Crippen LogP contribution in [0.3, 0.4) is 0 Å². The minimum Gasteiger partial charge on any atom is -0.456 e. The van der Waals surface area contributed by atoms with Crippen LogP contribution >= 0.6 is 0 Å². The highest BCUT2D eigenvalue weighted by Gasteiger charge is 2.19. The van der Waals surface area contributed by atoms with E-state index >= 15 is 0 Å². The Hall–Kier alpha value is -5.01. The number of allylic oxidation sites excluding steroid dienone is 3. The van der Waals surface area contributed by atoms with Crippen molar-refractivity contribution in [2.45, 2.75) is 0 Å². The van der Waals surface area contributed by atoms with Gasteiger partial charge in [-0.25, -0.2) is 0 Å². The minimum absolute atomic E-state index is 0.0168. The van der Waals surface area contributed by atoms with Gasteiger partial charge in [0.1, 0.15) is 77.3 Å². The lowest BCUT2D eigenvalue weighted by Gasteiger charge is -2.24. The first-order valence-electron chi connectivity index (χ1n) is 14.7. The van der Waals surface area contributed by atoms with Crippen LogP contribution in [0.15, 0.2) is 110 Å². The second kappa shape index (κ2) is 12.0. The number of rotatable bonds is 6. The van der Waals surface area contributed by atoms with E-state index in [2.05, 4.69) is 11.2 Å². The summed E-state index contributed by atoms with van der Waals surface area (Å²) < 4.78 is 12.2. The maximum atomic E-state index is 6.65. The van der Waals surface area contributed by atoms with Crippen LogP contribution in [0.4, 0.5) is 5.69 Å². The molecule has 0 fully saturated rings. The molecule has 0 aliphatic heterocycles. The molecule has 2 heterocycles. The van der Waals surface area contributed by atoms with Crippen molar-refractivity contribution in [2.24, 2.45) is 0 Å². The molecular formula is C37H18B7NO2. The molecule has 0 unspecified atom stereocenters. The molecule has 14 radical (unpaired) electrons. The van der Waals surface area contributed by atoms with Gasteiger partial charge in [-0.3, -0.25) is 0 Å². The lowest BCUT2D eigenvalue weighted by Crippen LogP contribution is -2.45. The third-order valence-corrected chi connectivity index (χ3v) is 8.49. The van der Waals surface area contributed by atoms with Gasteiger partial charge in [0.2, 0.25) is 0 Å². The summed E-state index contributed by atoms with van der Waals surface area (Å²) in [6.07, 6.45) is 5.76. The normalized spacial score (nSPS) is 12.7. The summed E-state index contributed by atoms with van der Waals surface area (Å²) >= 11 is 0. The van der Waals surface area contributed by atoms with Crippen molar-refractivity contribution in [3.63, 3.8) is 0 Å². The summed E-state index contributed by atoms with van der Waals surface area (Å²) in [6.45, 7) is 0.0168. The molecule has 3 nitrogen and oxygen atoms in total. The topological polar surface area (TPSA) is 38.3 Å². The molecule has 47 heavy (non-hydrogen) atoms. The minimum atomic E-state index is 0.0168. The fraction of sp³-hybridized carbons (Fsp3) is 0.0270. The average Bonchev–Trinajstić information content (AvgIpc) is 3.66. The Bertz CT molecular complexity index is 2490. The number of hydrogen-bond acceptors (Lipinski definition) is 3. The Kier molecular flexibility index (Phi) is 7.81. The van der Waals surface area contributed by atoms with Crippen LogP contribution in [0.5, 0.6) is 0 Å². The van der Waals surface area contributed by atoms with Crippen molar-refractivity contribution >= 4 is 132 Å². The van der Waals surface area contributed by atoms with Crippen LogP contribution in [-0.4, -0.2) is 61.5 Å². The quantitative estimate of drug-likeness (QED) is 0.185. The number of para-hydroxylation sites is 3. The summed E-state index contributed by atoms with van der Waals surface area (Å²) in [4.78, 5) is 0. The maximum Gasteiger partial charge on any atom is 0.143 e. The van der Waals surface area contributed by atoms with Crippen molar-refractivity contribution in [1.29, 1.82) is 0 Å². The van der Waals surface area contributed by atoms with E-state index in [0.717, 1.165) is 38.3 Å².